The Labute approximate surface area is 102 Å². The molecule has 0 aromatic carbocycles. The van der Waals surface area contributed by atoms with Gasteiger partial charge in [-0.15, -0.1) is 0 Å². The Bertz CT molecular complexity index is 334. The van der Waals surface area contributed by atoms with E-state index in [4.69, 9.17) is 9.26 Å². The van der Waals surface area contributed by atoms with Crippen LogP contribution in [-0.4, -0.2) is 41.8 Å². The van der Waals surface area contributed by atoms with E-state index in [-0.39, 0.29) is 0 Å². The Hall–Kier alpha value is -0.940. The molecule has 1 saturated heterocycles. The molecule has 0 spiro atoms. The van der Waals surface area contributed by atoms with Crippen LogP contribution in [0.4, 0.5) is 0 Å². The smallest absolute Gasteiger partial charge is 0.223 e. The van der Waals surface area contributed by atoms with Gasteiger partial charge in [0.05, 0.1) is 6.54 Å². The first-order valence-corrected chi connectivity index (χ1v) is 6.29. The van der Waals surface area contributed by atoms with Crippen molar-refractivity contribution in [1.29, 1.82) is 0 Å². The van der Waals surface area contributed by atoms with Crippen molar-refractivity contribution in [1.82, 2.24) is 15.0 Å². The van der Waals surface area contributed by atoms with Gasteiger partial charge < -0.3 is 9.26 Å². The van der Waals surface area contributed by atoms with Crippen LogP contribution >= 0.6 is 0 Å². The molecular weight excluding hydrogens is 218 g/mol. The van der Waals surface area contributed by atoms with Crippen molar-refractivity contribution in [3.63, 3.8) is 0 Å². The van der Waals surface area contributed by atoms with Gasteiger partial charge in [-0.1, -0.05) is 5.16 Å². The molecule has 2 heterocycles. The molecule has 0 radical (unpaired) electrons. The zero-order chi connectivity index (χ0) is 12.1. The van der Waals surface area contributed by atoms with Gasteiger partial charge in [-0.2, -0.15) is 4.98 Å². The van der Waals surface area contributed by atoms with Gasteiger partial charge in [0.2, 0.25) is 5.89 Å². The SMILES string of the molecule is Cc1nc(CN(C)CCC2CCOCC2)no1. The molecule has 5 heteroatoms. The summed E-state index contributed by atoms with van der Waals surface area (Å²) in [5.41, 5.74) is 0. The molecule has 0 N–H and O–H groups in total. The van der Waals surface area contributed by atoms with Crippen LogP contribution in [0.25, 0.3) is 0 Å². The maximum Gasteiger partial charge on any atom is 0.223 e. The van der Waals surface area contributed by atoms with Gasteiger partial charge in [0, 0.05) is 20.1 Å². The molecule has 0 amide bonds. The molecule has 5 nitrogen and oxygen atoms in total. The van der Waals surface area contributed by atoms with E-state index in [2.05, 4.69) is 22.1 Å². The molecule has 0 aliphatic carbocycles. The van der Waals surface area contributed by atoms with E-state index in [1.54, 1.807) is 0 Å². The minimum absolute atomic E-state index is 0.637. The van der Waals surface area contributed by atoms with Crippen molar-refractivity contribution in [2.45, 2.75) is 32.7 Å². The third kappa shape index (κ3) is 4.09. The quantitative estimate of drug-likeness (QED) is 0.781. The summed E-state index contributed by atoms with van der Waals surface area (Å²) in [5.74, 6) is 2.23. The van der Waals surface area contributed by atoms with Crippen LogP contribution in [0.3, 0.4) is 0 Å². The van der Waals surface area contributed by atoms with Gasteiger partial charge >= 0.3 is 0 Å². The second kappa shape index (κ2) is 6.12. The molecule has 1 aromatic heterocycles. The summed E-state index contributed by atoms with van der Waals surface area (Å²) in [5, 5.41) is 3.90. The summed E-state index contributed by atoms with van der Waals surface area (Å²) in [7, 11) is 2.10. The first kappa shape index (κ1) is 12.5. The van der Waals surface area contributed by atoms with E-state index < -0.39 is 0 Å². The molecule has 0 bridgehead atoms. The van der Waals surface area contributed by atoms with Gasteiger partial charge in [0.25, 0.3) is 0 Å². The number of ether oxygens (including phenoxy) is 1. The highest BCUT2D eigenvalue weighted by Crippen LogP contribution is 2.18. The first-order chi connectivity index (χ1) is 8.24. The minimum atomic E-state index is 0.637. The summed E-state index contributed by atoms with van der Waals surface area (Å²) >= 11 is 0. The second-order valence-electron chi connectivity index (χ2n) is 4.81. The fourth-order valence-electron chi connectivity index (χ4n) is 2.16. The minimum Gasteiger partial charge on any atom is -0.381 e. The molecule has 1 aromatic rings. The van der Waals surface area contributed by atoms with Crippen molar-refractivity contribution in [3.8, 4) is 0 Å². The van der Waals surface area contributed by atoms with E-state index in [1.165, 1.54) is 19.3 Å². The molecule has 1 aliphatic heterocycles. The van der Waals surface area contributed by atoms with E-state index >= 15 is 0 Å². The highest BCUT2D eigenvalue weighted by Gasteiger charge is 2.14. The molecule has 1 aliphatic rings. The number of rotatable bonds is 5. The number of aryl methyl sites for hydroxylation is 1. The lowest BCUT2D eigenvalue weighted by atomic mass is 9.96. The van der Waals surface area contributed by atoms with Crippen molar-refractivity contribution < 1.29 is 9.26 Å². The topological polar surface area (TPSA) is 51.4 Å². The highest BCUT2D eigenvalue weighted by atomic mass is 16.5. The van der Waals surface area contributed by atoms with Crippen LogP contribution in [0.1, 0.15) is 31.0 Å². The number of nitrogens with zero attached hydrogens (tertiary/aromatic N) is 3. The van der Waals surface area contributed by atoms with Crippen LogP contribution in [0.2, 0.25) is 0 Å². The summed E-state index contributed by atoms with van der Waals surface area (Å²) < 4.78 is 10.3. The fraction of sp³-hybridized carbons (Fsp3) is 0.833. The molecule has 0 unspecified atom stereocenters. The van der Waals surface area contributed by atoms with Gasteiger partial charge in [-0.25, -0.2) is 0 Å². The van der Waals surface area contributed by atoms with Gasteiger partial charge in [-0.3, -0.25) is 4.90 Å². The van der Waals surface area contributed by atoms with Crippen molar-refractivity contribution in [3.05, 3.63) is 11.7 Å². The van der Waals surface area contributed by atoms with Crippen molar-refractivity contribution in [2.75, 3.05) is 26.8 Å². The Morgan fingerprint density at radius 1 is 1.35 bits per heavy atom. The predicted octanol–water partition coefficient (Wildman–Crippen LogP) is 1.63. The van der Waals surface area contributed by atoms with Crippen LogP contribution in [0.15, 0.2) is 4.52 Å². The second-order valence-corrected chi connectivity index (χ2v) is 4.81. The first-order valence-electron chi connectivity index (χ1n) is 6.29. The van der Waals surface area contributed by atoms with Gasteiger partial charge in [0.15, 0.2) is 5.82 Å². The maximum atomic E-state index is 5.36. The van der Waals surface area contributed by atoms with Crippen molar-refractivity contribution >= 4 is 0 Å². The normalized spacial score (nSPS) is 17.8. The third-order valence-electron chi connectivity index (χ3n) is 3.24. The van der Waals surface area contributed by atoms with Crippen molar-refractivity contribution in [2.24, 2.45) is 5.92 Å². The molecule has 2 rings (SSSR count). The molecule has 17 heavy (non-hydrogen) atoms. The Morgan fingerprint density at radius 2 is 2.12 bits per heavy atom. The van der Waals surface area contributed by atoms with E-state index in [0.29, 0.717) is 5.89 Å². The standard InChI is InChI=1S/C12H21N3O2/c1-10-13-12(14-17-10)9-15(2)6-3-11-4-7-16-8-5-11/h11H,3-9H2,1-2H3. The zero-order valence-electron chi connectivity index (χ0n) is 10.7. The van der Waals surface area contributed by atoms with Gasteiger partial charge in [0.1, 0.15) is 0 Å². The summed E-state index contributed by atoms with van der Waals surface area (Å²) in [4.78, 5) is 6.46. The van der Waals surface area contributed by atoms with Crippen LogP contribution < -0.4 is 0 Å². The Kier molecular flexibility index (Phi) is 4.50. The summed E-state index contributed by atoms with van der Waals surface area (Å²) in [6, 6.07) is 0. The van der Waals surface area contributed by atoms with E-state index in [1.807, 2.05) is 6.92 Å². The average molecular weight is 239 g/mol. The van der Waals surface area contributed by atoms with E-state index in [0.717, 1.165) is 38.0 Å². The molecule has 96 valence electrons. The third-order valence-corrected chi connectivity index (χ3v) is 3.24. The Balaban J connectivity index is 1.68. The molecule has 1 fully saturated rings. The largest absolute Gasteiger partial charge is 0.381 e. The number of hydrogen-bond donors (Lipinski definition) is 0. The predicted molar refractivity (Wildman–Crippen MR) is 63.5 cm³/mol. The number of aromatic nitrogens is 2. The number of hydrogen-bond acceptors (Lipinski definition) is 5. The molecule has 0 saturated carbocycles. The summed E-state index contributed by atoms with van der Waals surface area (Å²) in [6.45, 7) is 5.52. The van der Waals surface area contributed by atoms with Crippen LogP contribution in [0.5, 0.6) is 0 Å². The van der Waals surface area contributed by atoms with E-state index in [9.17, 15) is 0 Å². The maximum absolute atomic E-state index is 5.36. The summed E-state index contributed by atoms with van der Waals surface area (Å²) in [6.07, 6.45) is 3.64. The zero-order valence-corrected chi connectivity index (χ0v) is 10.7. The molecular formula is C12H21N3O2. The lowest BCUT2D eigenvalue weighted by molar-refractivity contribution is 0.0607. The lowest BCUT2D eigenvalue weighted by Gasteiger charge is -2.24. The average Bonchev–Trinajstić information content (AvgIpc) is 2.73. The molecule has 0 atom stereocenters. The van der Waals surface area contributed by atoms with Crippen LogP contribution in [-0.2, 0) is 11.3 Å². The Morgan fingerprint density at radius 3 is 2.76 bits per heavy atom. The highest BCUT2D eigenvalue weighted by molar-refractivity contribution is 4.83. The fourth-order valence-corrected chi connectivity index (χ4v) is 2.16. The monoisotopic (exact) mass is 239 g/mol. The van der Waals surface area contributed by atoms with Gasteiger partial charge in [-0.05, 0) is 38.8 Å². The lowest BCUT2D eigenvalue weighted by Crippen LogP contribution is -2.24. The van der Waals surface area contributed by atoms with Crippen LogP contribution in [0, 0.1) is 12.8 Å².